The molecule has 0 spiro atoms. The molecular weight excluding hydrogens is 296 g/mol. The Balaban J connectivity index is 2.95. The summed E-state index contributed by atoms with van der Waals surface area (Å²) in [7, 11) is -0.430. The average molecular weight is 316 g/mol. The van der Waals surface area contributed by atoms with E-state index >= 15 is 0 Å². The van der Waals surface area contributed by atoms with E-state index in [1.165, 1.54) is 4.31 Å². The van der Waals surface area contributed by atoms with Crippen molar-refractivity contribution in [2.45, 2.75) is 24.3 Å². The molecule has 20 heavy (non-hydrogen) atoms. The molecule has 0 radical (unpaired) electrons. The van der Waals surface area contributed by atoms with Gasteiger partial charge in [0.2, 0.25) is 10.0 Å². The highest BCUT2D eigenvalue weighted by Gasteiger charge is 2.25. The zero-order valence-electron chi connectivity index (χ0n) is 11.9. The third-order valence-corrected chi connectivity index (χ3v) is 5.14. The van der Waals surface area contributed by atoms with Crippen molar-refractivity contribution in [3.63, 3.8) is 0 Å². The minimum Gasteiger partial charge on any atom is -0.393 e. The summed E-state index contributed by atoms with van der Waals surface area (Å²) >= 11 is 4.83. The van der Waals surface area contributed by atoms with Gasteiger partial charge in [0.25, 0.3) is 0 Å². The molecule has 0 aromatic heterocycles. The van der Waals surface area contributed by atoms with Gasteiger partial charge in [-0.2, -0.15) is 4.31 Å². The first-order valence-electron chi connectivity index (χ1n) is 6.13. The predicted octanol–water partition coefficient (Wildman–Crippen LogP) is 1.17. The second-order valence-corrected chi connectivity index (χ2v) is 7.13. The van der Waals surface area contributed by atoms with Gasteiger partial charge in [0.1, 0.15) is 0 Å². The van der Waals surface area contributed by atoms with E-state index in [1.54, 1.807) is 45.3 Å². The van der Waals surface area contributed by atoms with E-state index in [-0.39, 0.29) is 10.9 Å². The SMILES string of the molecule is COCC(C)N(C)S(=O)(=O)c1ccc(CC(N)=S)cc1. The monoisotopic (exact) mass is 316 g/mol. The van der Waals surface area contributed by atoms with Gasteiger partial charge in [-0.3, -0.25) is 0 Å². The lowest BCUT2D eigenvalue weighted by Gasteiger charge is -2.23. The first-order valence-corrected chi connectivity index (χ1v) is 7.98. The number of benzene rings is 1. The number of nitrogens with zero attached hydrogens (tertiary/aromatic N) is 1. The van der Waals surface area contributed by atoms with E-state index in [4.69, 9.17) is 22.7 Å². The first-order chi connectivity index (χ1) is 9.28. The molecule has 1 aromatic carbocycles. The second kappa shape index (κ2) is 7.12. The van der Waals surface area contributed by atoms with E-state index in [9.17, 15) is 8.42 Å². The quantitative estimate of drug-likeness (QED) is 0.765. The van der Waals surface area contributed by atoms with Crippen LogP contribution in [0.2, 0.25) is 0 Å². The molecule has 0 bridgehead atoms. The highest BCUT2D eigenvalue weighted by atomic mass is 32.2. The molecule has 1 rings (SSSR count). The van der Waals surface area contributed by atoms with Gasteiger partial charge in [-0.05, 0) is 24.6 Å². The lowest BCUT2D eigenvalue weighted by Crippen LogP contribution is -2.37. The minimum absolute atomic E-state index is 0.235. The van der Waals surface area contributed by atoms with Gasteiger partial charge in [-0.15, -0.1) is 0 Å². The summed E-state index contributed by atoms with van der Waals surface area (Å²) in [6.45, 7) is 2.14. The Morgan fingerprint density at radius 2 is 1.95 bits per heavy atom. The van der Waals surface area contributed by atoms with Crippen LogP contribution in [-0.2, 0) is 21.2 Å². The molecule has 0 amide bonds. The van der Waals surface area contributed by atoms with Crippen molar-refractivity contribution < 1.29 is 13.2 Å². The Labute approximate surface area is 125 Å². The Bertz CT molecular complexity index is 555. The molecule has 5 nitrogen and oxygen atoms in total. The number of sulfonamides is 1. The molecule has 1 aromatic rings. The zero-order valence-corrected chi connectivity index (χ0v) is 13.5. The minimum atomic E-state index is -3.52. The summed E-state index contributed by atoms with van der Waals surface area (Å²) in [6.07, 6.45) is 0.464. The van der Waals surface area contributed by atoms with Crippen LogP contribution in [0.5, 0.6) is 0 Å². The molecule has 7 heteroatoms. The molecule has 2 N–H and O–H groups in total. The van der Waals surface area contributed by atoms with Crippen molar-refractivity contribution >= 4 is 27.2 Å². The van der Waals surface area contributed by atoms with Crippen molar-refractivity contribution in [1.82, 2.24) is 4.31 Å². The van der Waals surface area contributed by atoms with Crippen molar-refractivity contribution in [1.29, 1.82) is 0 Å². The number of ether oxygens (including phenoxy) is 1. The highest BCUT2D eigenvalue weighted by Crippen LogP contribution is 2.17. The van der Waals surface area contributed by atoms with E-state index in [0.29, 0.717) is 18.0 Å². The van der Waals surface area contributed by atoms with Gasteiger partial charge in [0.15, 0.2) is 0 Å². The van der Waals surface area contributed by atoms with Gasteiger partial charge in [0.05, 0.1) is 16.5 Å². The summed E-state index contributed by atoms with van der Waals surface area (Å²) in [5, 5.41) is 0. The summed E-state index contributed by atoms with van der Waals surface area (Å²) in [6, 6.07) is 6.35. The standard InChI is InChI=1S/C13H20N2O3S2/c1-10(9-18-3)15(2)20(16,17)12-6-4-11(5-7-12)8-13(14)19/h4-7,10H,8-9H2,1-3H3,(H2,14,19). The fourth-order valence-electron chi connectivity index (χ4n) is 1.73. The first kappa shape index (κ1) is 17.0. The lowest BCUT2D eigenvalue weighted by atomic mass is 10.1. The van der Waals surface area contributed by atoms with Crippen molar-refractivity contribution in [3.8, 4) is 0 Å². The Morgan fingerprint density at radius 3 is 2.40 bits per heavy atom. The number of hydrogen-bond donors (Lipinski definition) is 1. The van der Waals surface area contributed by atoms with E-state index in [2.05, 4.69) is 0 Å². The Morgan fingerprint density at radius 1 is 1.40 bits per heavy atom. The van der Waals surface area contributed by atoms with E-state index < -0.39 is 10.0 Å². The molecule has 0 heterocycles. The number of likely N-dealkylation sites (N-methyl/N-ethyl adjacent to an activating group) is 1. The fraction of sp³-hybridized carbons (Fsp3) is 0.462. The number of rotatable bonds is 7. The number of hydrogen-bond acceptors (Lipinski definition) is 4. The summed E-state index contributed by atoms with van der Waals surface area (Å²) in [5.74, 6) is 0. The smallest absolute Gasteiger partial charge is 0.243 e. The van der Waals surface area contributed by atoms with E-state index in [0.717, 1.165) is 5.56 Å². The molecule has 0 saturated carbocycles. The molecule has 0 aliphatic heterocycles. The van der Waals surface area contributed by atoms with Crippen LogP contribution in [-0.4, -0.2) is 44.5 Å². The summed E-state index contributed by atoms with van der Waals surface area (Å²) in [4.78, 5) is 0.626. The van der Waals surface area contributed by atoms with Crippen LogP contribution in [0.3, 0.4) is 0 Å². The highest BCUT2D eigenvalue weighted by molar-refractivity contribution is 7.89. The third kappa shape index (κ3) is 4.24. The maximum Gasteiger partial charge on any atom is 0.243 e. The van der Waals surface area contributed by atoms with Crippen LogP contribution in [0.4, 0.5) is 0 Å². The third-order valence-electron chi connectivity index (χ3n) is 3.01. The number of thiocarbonyl (C=S) groups is 1. The molecule has 0 saturated heterocycles. The van der Waals surface area contributed by atoms with E-state index in [1.807, 2.05) is 0 Å². The van der Waals surface area contributed by atoms with Crippen LogP contribution in [0.1, 0.15) is 12.5 Å². The second-order valence-electron chi connectivity index (χ2n) is 4.61. The maximum absolute atomic E-state index is 12.4. The van der Waals surface area contributed by atoms with Crippen LogP contribution in [0.25, 0.3) is 0 Å². The Hall–Kier alpha value is -1.02. The predicted molar refractivity (Wildman–Crippen MR) is 83.2 cm³/mol. The summed E-state index contributed by atoms with van der Waals surface area (Å²) < 4.78 is 31.1. The van der Waals surface area contributed by atoms with Gasteiger partial charge >= 0.3 is 0 Å². The number of methoxy groups -OCH3 is 1. The van der Waals surface area contributed by atoms with Gasteiger partial charge in [-0.1, -0.05) is 24.4 Å². The molecule has 0 aliphatic rings. The van der Waals surface area contributed by atoms with Crippen LogP contribution >= 0.6 is 12.2 Å². The average Bonchev–Trinajstić information content (AvgIpc) is 2.38. The zero-order chi connectivity index (χ0) is 15.3. The van der Waals surface area contributed by atoms with Crippen molar-refractivity contribution in [2.75, 3.05) is 20.8 Å². The molecule has 0 aliphatic carbocycles. The molecule has 0 fully saturated rings. The van der Waals surface area contributed by atoms with Gasteiger partial charge in [-0.25, -0.2) is 8.42 Å². The maximum atomic E-state index is 12.4. The summed E-state index contributed by atoms with van der Waals surface area (Å²) in [5.41, 5.74) is 6.35. The molecule has 1 unspecified atom stereocenters. The molecular formula is C13H20N2O3S2. The number of nitrogens with two attached hydrogens (primary N) is 1. The van der Waals surface area contributed by atoms with Crippen LogP contribution in [0, 0.1) is 0 Å². The van der Waals surface area contributed by atoms with Gasteiger partial charge < -0.3 is 10.5 Å². The fourth-order valence-corrected chi connectivity index (χ4v) is 3.24. The Kier molecular flexibility index (Phi) is 6.07. The van der Waals surface area contributed by atoms with Crippen molar-refractivity contribution in [2.24, 2.45) is 5.73 Å². The largest absolute Gasteiger partial charge is 0.393 e. The van der Waals surface area contributed by atoms with Crippen LogP contribution in [0.15, 0.2) is 29.2 Å². The van der Waals surface area contributed by atoms with Crippen LogP contribution < -0.4 is 5.73 Å². The van der Waals surface area contributed by atoms with Gasteiger partial charge in [0, 0.05) is 26.6 Å². The topological polar surface area (TPSA) is 72.6 Å². The van der Waals surface area contributed by atoms with Crippen molar-refractivity contribution in [3.05, 3.63) is 29.8 Å². The normalized spacial score (nSPS) is 13.4. The molecule has 112 valence electrons. The molecule has 1 atom stereocenters. The lowest BCUT2D eigenvalue weighted by molar-refractivity contribution is 0.149.